The number of amides is 1. The molecular weight excluding hydrogens is 294 g/mol. The molecule has 1 aromatic heterocycles. The number of carbonyl (C=O) groups is 3. The largest absolute Gasteiger partial charge is 0.359 e. The highest BCUT2D eigenvalue weighted by atomic mass is 32.2. The summed E-state index contributed by atoms with van der Waals surface area (Å²) in [6.45, 7) is 0.697. The number of hydrogen-bond donors (Lipinski definition) is 2. The monoisotopic (exact) mass is 309 g/mol. The number of carbonyl (C=O) groups excluding carboxylic acids is 3. The summed E-state index contributed by atoms with van der Waals surface area (Å²) < 4.78 is 5.00. The van der Waals surface area contributed by atoms with Gasteiger partial charge < -0.3 is 15.2 Å². The first-order valence-corrected chi connectivity index (χ1v) is 7.34. The van der Waals surface area contributed by atoms with E-state index in [1.165, 1.54) is 24.9 Å². The average Bonchev–Trinajstić information content (AvgIpc) is 2.83. The molecule has 0 aliphatic heterocycles. The number of rotatable bonds is 5. The molecule has 2 rings (SSSR count). The quantitative estimate of drug-likeness (QED) is 0.748. The van der Waals surface area contributed by atoms with Crippen molar-refractivity contribution in [2.45, 2.75) is 6.42 Å². The molecular formula is C13H15N3O4S. The lowest BCUT2D eigenvalue weighted by Crippen LogP contribution is -2.21. The van der Waals surface area contributed by atoms with E-state index < -0.39 is 11.7 Å². The zero-order valence-electron chi connectivity index (χ0n) is 11.7. The number of nitrogens with one attached hydrogen (secondary N) is 2. The van der Waals surface area contributed by atoms with E-state index in [1.807, 2.05) is 0 Å². The van der Waals surface area contributed by atoms with Crippen LogP contribution in [-0.2, 0) is 11.2 Å². The van der Waals surface area contributed by atoms with Crippen LogP contribution in [0, 0.1) is 0 Å². The summed E-state index contributed by atoms with van der Waals surface area (Å²) in [7, 11) is 3.24. The molecule has 8 heteroatoms. The normalized spacial score (nSPS) is 14.5. The summed E-state index contributed by atoms with van der Waals surface area (Å²) in [6.07, 6.45) is 1.24. The summed E-state index contributed by atoms with van der Waals surface area (Å²) in [4.78, 5) is 36.4. The first-order chi connectivity index (χ1) is 10.1. The molecule has 0 spiro atoms. The molecule has 1 aromatic rings. The van der Waals surface area contributed by atoms with Gasteiger partial charge in [0.25, 0.3) is 5.91 Å². The van der Waals surface area contributed by atoms with Gasteiger partial charge in [0.05, 0.1) is 16.9 Å². The van der Waals surface area contributed by atoms with Crippen molar-refractivity contribution in [3.63, 3.8) is 0 Å². The van der Waals surface area contributed by atoms with E-state index in [0.29, 0.717) is 17.2 Å². The molecule has 0 unspecified atom stereocenters. The van der Waals surface area contributed by atoms with Gasteiger partial charge in [-0.15, -0.1) is 11.8 Å². The molecule has 7 nitrogen and oxygen atoms in total. The van der Waals surface area contributed by atoms with Crippen molar-refractivity contribution in [3.8, 4) is 0 Å². The Balaban J connectivity index is 2.37. The molecule has 1 aliphatic rings. The predicted octanol–water partition coefficient (Wildman–Crippen LogP) is 0.179. The van der Waals surface area contributed by atoms with Gasteiger partial charge in [-0.2, -0.15) is 0 Å². The zero-order valence-corrected chi connectivity index (χ0v) is 12.5. The van der Waals surface area contributed by atoms with Gasteiger partial charge in [0.1, 0.15) is 0 Å². The number of allylic oxidation sites excluding steroid dienone is 2. The Labute approximate surface area is 125 Å². The summed E-state index contributed by atoms with van der Waals surface area (Å²) in [5.74, 6) is -0.367. The highest BCUT2D eigenvalue weighted by Crippen LogP contribution is 2.28. The summed E-state index contributed by atoms with van der Waals surface area (Å²) in [5, 5.41) is 8.98. The Morgan fingerprint density at radius 1 is 1.43 bits per heavy atom. The second kappa shape index (κ2) is 6.68. The van der Waals surface area contributed by atoms with Crippen molar-refractivity contribution in [3.05, 3.63) is 28.0 Å². The second-order valence-electron chi connectivity index (χ2n) is 4.34. The van der Waals surface area contributed by atoms with E-state index in [9.17, 15) is 14.4 Å². The van der Waals surface area contributed by atoms with Crippen molar-refractivity contribution in [1.82, 2.24) is 15.8 Å². The van der Waals surface area contributed by atoms with Crippen molar-refractivity contribution in [1.29, 1.82) is 0 Å². The molecule has 112 valence electrons. The molecule has 1 aliphatic carbocycles. The predicted molar refractivity (Wildman–Crippen MR) is 77.4 cm³/mol. The van der Waals surface area contributed by atoms with Crippen molar-refractivity contribution in [2.24, 2.45) is 0 Å². The van der Waals surface area contributed by atoms with E-state index in [4.69, 9.17) is 4.52 Å². The smallest absolute Gasteiger partial charge is 0.274 e. The lowest BCUT2D eigenvalue weighted by molar-refractivity contribution is -0.114. The van der Waals surface area contributed by atoms with E-state index >= 15 is 0 Å². The molecule has 0 saturated heterocycles. The van der Waals surface area contributed by atoms with Gasteiger partial charge in [0.15, 0.2) is 17.2 Å². The maximum absolute atomic E-state index is 12.5. The molecule has 21 heavy (non-hydrogen) atoms. The van der Waals surface area contributed by atoms with Gasteiger partial charge in [0.2, 0.25) is 5.78 Å². The fourth-order valence-corrected chi connectivity index (χ4v) is 2.84. The van der Waals surface area contributed by atoms with Crippen LogP contribution < -0.4 is 10.6 Å². The maximum atomic E-state index is 12.5. The van der Waals surface area contributed by atoms with Crippen LogP contribution in [0.5, 0.6) is 0 Å². The molecule has 2 N–H and O–H groups in total. The van der Waals surface area contributed by atoms with Gasteiger partial charge in [-0.1, -0.05) is 5.16 Å². The fraction of sp³-hybridized carbons (Fsp3) is 0.385. The minimum atomic E-state index is -0.512. The number of Topliss-reactive ketones (excluding diaryl/α,β-unsaturated/α-hetero) is 1. The maximum Gasteiger partial charge on any atom is 0.274 e. The summed E-state index contributed by atoms with van der Waals surface area (Å²) in [6, 6.07) is 0. The Hall–Kier alpha value is -1.93. The molecule has 0 bridgehead atoms. The van der Waals surface area contributed by atoms with Crippen LogP contribution in [0.3, 0.4) is 0 Å². The van der Waals surface area contributed by atoms with Crippen LogP contribution in [0.15, 0.2) is 15.5 Å². The second-order valence-corrected chi connectivity index (χ2v) is 5.48. The molecule has 1 amide bonds. The van der Waals surface area contributed by atoms with E-state index in [1.54, 1.807) is 7.05 Å². The first-order valence-electron chi connectivity index (χ1n) is 6.35. The van der Waals surface area contributed by atoms with Gasteiger partial charge in [-0.3, -0.25) is 14.4 Å². The molecule has 1 heterocycles. The fourth-order valence-electron chi connectivity index (χ4n) is 1.87. The summed E-state index contributed by atoms with van der Waals surface area (Å²) in [5.41, 5.74) is 0.00993. The Bertz CT molecular complexity index is 621. The lowest BCUT2D eigenvalue weighted by atomic mass is 10.1. The van der Waals surface area contributed by atoms with Crippen molar-refractivity contribution < 1.29 is 18.9 Å². The van der Waals surface area contributed by atoms with Crippen molar-refractivity contribution >= 4 is 29.2 Å². The van der Waals surface area contributed by atoms with Gasteiger partial charge in [-0.25, -0.2) is 0 Å². The molecule has 0 saturated carbocycles. The highest BCUT2D eigenvalue weighted by molar-refractivity contribution is 8.04. The molecule has 0 aromatic carbocycles. The SMILES string of the molecule is CNCCSC1=CC(=O)Cc2onc(C(=O)NC)c2C1=O. The molecule has 0 atom stereocenters. The van der Waals surface area contributed by atoms with Crippen molar-refractivity contribution in [2.75, 3.05) is 26.4 Å². The topological polar surface area (TPSA) is 101 Å². The first kappa shape index (κ1) is 15.5. The van der Waals surface area contributed by atoms with E-state index in [-0.39, 0.29) is 29.2 Å². The Morgan fingerprint density at radius 2 is 2.19 bits per heavy atom. The van der Waals surface area contributed by atoms with Crippen LogP contribution in [-0.4, -0.2) is 49.0 Å². The highest BCUT2D eigenvalue weighted by Gasteiger charge is 2.32. The van der Waals surface area contributed by atoms with Gasteiger partial charge in [-0.05, 0) is 13.1 Å². The number of fused-ring (bicyclic) bond motifs is 1. The Morgan fingerprint density at radius 3 is 2.86 bits per heavy atom. The lowest BCUT2D eigenvalue weighted by Gasteiger charge is -2.04. The minimum absolute atomic E-state index is 0.0683. The van der Waals surface area contributed by atoms with E-state index in [0.717, 1.165) is 0 Å². The van der Waals surface area contributed by atoms with Crippen LogP contribution in [0.1, 0.15) is 26.6 Å². The van der Waals surface area contributed by atoms with Gasteiger partial charge >= 0.3 is 0 Å². The van der Waals surface area contributed by atoms with E-state index in [2.05, 4.69) is 15.8 Å². The third kappa shape index (κ3) is 3.22. The average molecular weight is 309 g/mol. The van der Waals surface area contributed by atoms with Gasteiger partial charge in [0, 0.05) is 19.3 Å². The third-order valence-electron chi connectivity index (χ3n) is 2.89. The molecule has 0 fully saturated rings. The number of ketones is 2. The Kier molecular flexibility index (Phi) is 4.92. The van der Waals surface area contributed by atoms with Crippen LogP contribution >= 0.6 is 11.8 Å². The van der Waals surface area contributed by atoms with Crippen LogP contribution in [0.4, 0.5) is 0 Å². The third-order valence-corrected chi connectivity index (χ3v) is 3.91. The summed E-state index contributed by atoms with van der Waals surface area (Å²) >= 11 is 1.27. The number of aromatic nitrogens is 1. The van der Waals surface area contributed by atoms with Crippen LogP contribution in [0.2, 0.25) is 0 Å². The minimum Gasteiger partial charge on any atom is -0.359 e. The van der Waals surface area contributed by atoms with Crippen LogP contribution in [0.25, 0.3) is 0 Å². The number of hydrogen-bond acceptors (Lipinski definition) is 7. The zero-order chi connectivity index (χ0) is 15.4. The number of thioether (sulfide) groups is 1. The molecule has 0 radical (unpaired) electrons. The standard InChI is InChI=1S/C13H15N3O4S/c1-14-3-4-21-9-6-7(17)5-8-10(12(9)18)11(16-20-8)13(19)15-2/h6,14H,3-5H2,1-2H3,(H,15,19). The number of nitrogens with zero attached hydrogens (tertiary/aromatic N) is 1.